The lowest BCUT2D eigenvalue weighted by molar-refractivity contribution is -0.118. The van der Waals surface area contributed by atoms with Crippen LogP contribution in [0.2, 0.25) is 0 Å². The number of fused-ring (bicyclic) bond motifs is 1. The predicted octanol–water partition coefficient (Wildman–Crippen LogP) is 2.99. The van der Waals surface area contributed by atoms with E-state index in [0.717, 1.165) is 48.3 Å². The zero-order valence-corrected chi connectivity index (χ0v) is 18.8. The Balaban J connectivity index is 1.54. The standard InChI is InChI=1S/C23H27N5O4/c1-14-11-15(2)24-21-20(14)22(26-27(21)3)32-13-19(29)25-17-12-16(23(30)31-4)7-8-18(17)28-9-5-6-10-28/h7-8,11-12H,5-6,9-10,13H2,1-4H3,(H,25,29). The lowest BCUT2D eigenvalue weighted by Crippen LogP contribution is -2.24. The quantitative estimate of drug-likeness (QED) is 0.592. The number of amides is 1. The van der Waals surface area contributed by atoms with Crippen molar-refractivity contribution >= 4 is 34.3 Å². The predicted molar refractivity (Wildman–Crippen MR) is 121 cm³/mol. The molecule has 0 aliphatic carbocycles. The Labute approximate surface area is 186 Å². The minimum atomic E-state index is -0.456. The lowest BCUT2D eigenvalue weighted by atomic mass is 10.1. The number of carbonyl (C=O) groups is 2. The number of hydrogen-bond donors (Lipinski definition) is 1. The van der Waals surface area contributed by atoms with Crippen molar-refractivity contribution in [1.29, 1.82) is 0 Å². The molecule has 32 heavy (non-hydrogen) atoms. The van der Waals surface area contributed by atoms with Crippen LogP contribution in [0.25, 0.3) is 11.0 Å². The number of rotatable bonds is 6. The van der Waals surface area contributed by atoms with Crippen molar-refractivity contribution in [1.82, 2.24) is 14.8 Å². The van der Waals surface area contributed by atoms with Gasteiger partial charge in [-0.15, -0.1) is 5.10 Å². The van der Waals surface area contributed by atoms with Crippen LogP contribution in [-0.2, 0) is 16.6 Å². The molecule has 1 N–H and O–H groups in total. The summed E-state index contributed by atoms with van der Waals surface area (Å²) in [5.74, 6) is -0.433. The number of nitrogens with zero attached hydrogens (tertiary/aromatic N) is 4. The highest BCUT2D eigenvalue weighted by atomic mass is 16.5. The van der Waals surface area contributed by atoms with Crippen LogP contribution in [0, 0.1) is 13.8 Å². The van der Waals surface area contributed by atoms with Crippen LogP contribution in [0.3, 0.4) is 0 Å². The third kappa shape index (κ3) is 4.23. The van der Waals surface area contributed by atoms with Crippen LogP contribution < -0.4 is 15.0 Å². The fraction of sp³-hybridized carbons (Fsp3) is 0.391. The molecule has 1 saturated heterocycles. The van der Waals surface area contributed by atoms with Gasteiger partial charge in [0.25, 0.3) is 5.91 Å². The maximum atomic E-state index is 12.8. The minimum Gasteiger partial charge on any atom is -0.466 e. The molecule has 0 unspecified atom stereocenters. The van der Waals surface area contributed by atoms with E-state index in [9.17, 15) is 9.59 Å². The number of methoxy groups -OCH3 is 1. The largest absolute Gasteiger partial charge is 0.466 e. The molecule has 168 valence electrons. The normalized spacial score (nSPS) is 13.4. The number of hydrogen-bond acceptors (Lipinski definition) is 7. The van der Waals surface area contributed by atoms with Crippen LogP contribution >= 0.6 is 0 Å². The zero-order valence-electron chi connectivity index (χ0n) is 18.8. The third-order valence-corrected chi connectivity index (χ3v) is 5.57. The summed E-state index contributed by atoms with van der Waals surface area (Å²) in [6, 6.07) is 7.16. The Morgan fingerprint density at radius 2 is 1.91 bits per heavy atom. The van der Waals surface area contributed by atoms with Gasteiger partial charge in [-0.3, -0.25) is 4.79 Å². The molecule has 3 heterocycles. The van der Waals surface area contributed by atoms with Crippen LogP contribution in [0.15, 0.2) is 24.3 Å². The van der Waals surface area contributed by atoms with Crippen LogP contribution in [0.5, 0.6) is 5.88 Å². The highest BCUT2D eigenvalue weighted by molar-refractivity contribution is 5.99. The summed E-state index contributed by atoms with van der Waals surface area (Å²) >= 11 is 0. The second kappa shape index (κ2) is 8.86. The highest BCUT2D eigenvalue weighted by Crippen LogP contribution is 2.31. The van der Waals surface area contributed by atoms with Crippen molar-refractivity contribution in [3.05, 3.63) is 41.1 Å². The molecule has 9 nitrogen and oxygen atoms in total. The molecule has 1 aromatic carbocycles. The van der Waals surface area contributed by atoms with Crippen molar-refractivity contribution in [2.45, 2.75) is 26.7 Å². The Kier molecular flexibility index (Phi) is 5.98. The molecule has 4 rings (SSSR count). The van der Waals surface area contributed by atoms with Crippen LogP contribution in [0.4, 0.5) is 11.4 Å². The summed E-state index contributed by atoms with van der Waals surface area (Å²) in [6.07, 6.45) is 2.18. The number of aromatic nitrogens is 3. The molecule has 0 spiro atoms. The van der Waals surface area contributed by atoms with E-state index in [1.165, 1.54) is 7.11 Å². The average Bonchev–Trinajstić information content (AvgIpc) is 3.40. The van der Waals surface area contributed by atoms with Gasteiger partial charge in [-0.25, -0.2) is 14.5 Å². The van der Waals surface area contributed by atoms with E-state index in [0.29, 0.717) is 22.8 Å². The summed E-state index contributed by atoms with van der Waals surface area (Å²) in [5, 5.41) is 8.06. The van der Waals surface area contributed by atoms with E-state index in [1.54, 1.807) is 23.9 Å². The summed E-state index contributed by atoms with van der Waals surface area (Å²) in [4.78, 5) is 31.5. The van der Waals surface area contributed by atoms with Gasteiger partial charge in [0.15, 0.2) is 12.3 Å². The number of esters is 1. The maximum Gasteiger partial charge on any atom is 0.337 e. The number of nitrogens with one attached hydrogen (secondary N) is 1. The van der Waals surface area contributed by atoms with Gasteiger partial charge >= 0.3 is 5.97 Å². The molecule has 9 heteroatoms. The summed E-state index contributed by atoms with van der Waals surface area (Å²) in [6.45, 7) is 5.48. The second-order valence-electron chi connectivity index (χ2n) is 7.96. The fourth-order valence-electron chi connectivity index (χ4n) is 4.09. The molecule has 3 aromatic rings. The molecule has 1 fully saturated rings. The average molecular weight is 438 g/mol. The molecular weight excluding hydrogens is 410 g/mol. The van der Waals surface area contributed by atoms with Crippen molar-refractivity contribution in [2.75, 3.05) is 37.0 Å². The molecular formula is C23H27N5O4. The molecule has 2 aromatic heterocycles. The lowest BCUT2D eigenvalue weighted by Gasteiger charge is -2.22. The molecule has 1 amide bonds. The van der Waals surface area contributed by atoms with E-state index >= 15 is 0 Å². The number of aryl methyl sites for hydroxylation is 3. The summed E-state index contributed by atoms with van der Waals surface area (Å²) in [5.41, 5.74) is 4.39. The van der Waals surface area contributed by atoms with Gasteiger partial charge in [0.05, 0.1) is 29.4 Å². The Hall–Kier alpha value is -3.62. The van der Waals surface area contributed by atoms with Gasteiger partial charge < -0.3 is 19.7 Å². The van der Waals surface area contributed by atoms with Gasteiger partial charge in [-0.2, -0.15) is 0 Å². The minimum absolute atomic E-state index is 0.221. The van der Waals surface area contributed by atoms with Crippen molar-refractivity contribution < 1.29 is 19.1 Å². The zero-order chi connectivity index (χ0) is 22.8. The highest BCUT2D eigenvalue weighted by Gasteiger charge is 2.20. The van der Waals surface area contributed by atoms with Crippen molar-refractivity contribution in [2.24, 2.45) is 7.05 Å². The first-order valence-electron chi connectivity index (χ1n) is 10.6. The van der Waals surface area contributed by atoms with E-state index < -0.39 is 5.97 Å². The Morgan fingerprint density at radius 3 is 2.62 bits per heavy atom. The number of benzene rings is 1. The molecule has 0 saturated carbocycles. The molecule has 0 atom stereocenters. The Bertz CT molecular complexity index is 1180. The second-order valence-corrected chi connectivity index (χ2v) is 7.96. The topological polar surface area (TPSA) is 98.6 Å². The SMILES string of the molecule is COC(=O)c1ccc(N2CCCC2)c(NC(=O)COc2nn(C)c3nc(C)cc(C)c23)c1. The van der Waals surface area contributed by atoms with Gasteiger partial charge in [0, 0.05) is 25.8 Å². The molecule has 1 aliphatic heterocycles. The fourth-order valence-corrected chi connectivity index (χ4v) is 4.09. The summed E-state index contributed by atoms with van der Waals surface area (Å²) < 4.78 is 12.2. The molecule has 0 bridgehead atoms. The van der Waals surface area contributed by atoms with E-state index in [2.05, 4.69) is 20.3 Å². The van der Waals surface area contributed by atoms with Crippen LogP contribution in [0.1, 0.15) is 34.5 Å². The smallest absolute Gasteiger partial charge is 0.337 e. The number of pyridine rings is 1. The Morgan fingerprint density at radius 1 is 1.16 bits per heavy atom. The van der Waals surface area contributed by atoms with Gasteiger partial charge in [-0.1, -0.05) is 0 Å². The summed E-state index contributed by atoms with van der Waals surface area (Å²) in [7, 11) is 3.13. The first-order valence-corrected chi connectivity index (χ1v) is 10.6. The van der Waals surface area contributed by atoms with Crippen molar-refractivity contribution in [3.8, 4) is 5.88 Å². The maximum absolute atomic E-state index is 12.8. The molecule has 0 radical (unpaired) electrons. The first kappa shape index (κ1) is 21.6. The van der Waals surface area contributed by atoms with Gasteiger partial charge in [-0.05, 0) is 56.5 Å². The van der Waals surface area contributed by atoms with E-state index in [4.69, 9.17) is 9.47 Å². The van der Waals surface area contributed by atoms with Crippen molar-refractivity contribution in [3.63, 3.8) is 0 Å². The monoisotopic (exact) mass is 437 g/mol. The van der Waals surface area contributed by atoms with Gasteiger partial charge in [0.1, 0.15) is 0 Å². The van der Waals surface area contributed by atoms with E-state index in [-0.39, 0.29) is 12.5 Å². The first-order chi connectivity index (χ1) is 15.4. The number of carbonyl (C=O) groups excluding carboxylic acids is 2. The molecule has 1 aliphatic rings. The van der Waals surface area contributed by atoms with Crippen LogP contribution in [-0.4, -0.2) is 53.4 Å². The van der Waals surface area contributed by atoms with E-state index in [1.807, 2.05) is 26.0 Å². The van der Waals surface area contributed by atoms with Gasteiger partial charge in [0.2, 0.25) is 5.88 Å². The number of ether oxygens (including phenoxy) is 2. The number of anilines is 2. The third-order valence-electron chi connectivity index (χ3n) is 5.57.